The lowest BCUT2D eigenvalue weighted by Crippen LogP contribution is -2.49. The normalized spacial score (nSPS) is 20.9. The molecule has 0 aliphatic carbocycles. The van der Waals surface area contributed by atoms with Crippen molar-refractivity contribution in [1.29, 1.82) is 5.26 Å². The van der Waals surface area contributed by atoms with E-state index >= 15 is 0 Å². The highest BCUT2D eigenvalue weighted by atomic mass is 16.6. The smallest absolute Gasteiger partial charge is 0.320 e. The molecule has 1 aromatic carbocycles. The van der Waals surface area contributed by atoms with E-state index in [0.29, 0.717) is 18.7 Å². The van der Waals surface area contributed by atoms with Crippen molar-refractivity contribution in [3.05, 3.63) is 35.4 Å². The van der Waals surface area contributed by atoms with Gasteiger partial charge in [0, 0.05) is 39.1 Å². The van der Waals surface area contributed by atoms with E-state index in [2.05, 4.69) is 21.0 Å². The number of carbonyl (C=O) groups excluding carboxylic acids is 1. The Bertz CT molecular complexity index is 688. The number of oxime groups is 1. The van der Waals surface area contributed by atoms with Crippen LogP contribution in [0.1, 0.15) is 24.5 Å². The number of esters is 1. The van der Waals surface area contributed by atoms with E-state index in [1.807, 2.05) is 19.1 Å². The molecule has 2 heterocycles. The lowest BCUT2D eigenvalue weighted by molar-refractivity contribution is -0.144. The van der Waals surface area contributed by atoms with E-state index in [1.54, 1.807) is 12.1 Å². The number of nitrogens with zero attached hydrogens (tertiary/aromatic N) is 4. The highest BCUT2D eigenvalue weighted by Crippen LogP contribution is 2.18. The maximum Gasteiger partial charge on any atom is 0.320 e. The highest BCUT2D eigenvalue weighted by Gasteiger charge is 2.27. The summed E-state index contributed by atoms with van der Waals surface area (Å²) in [5, 5.41) is 13.1. The van der Waals surface area contributed by atoms with Crippen LogP contribution in [0.5, 0.6) is 0 Å². The largest absolute Gasteiger partial charge is 0.465 e. The number of hydrogen-bond donors (Lipinski definition) is 0. The molecule has 0 N–H and O–H groups in total. The number of hydrogen-bond acceptors (Lipinski definition) is 7. The second-order valence-corrected chi connectivity index (χ2v) is 6.54. The summed E-state index contributed by atoms with van der Waals surface area (Å²) in [4.78, 5) is 21.6. The Morgan fingerprint density at radius 1 is 1.27 bits per heavy atom. The van der Waals surface area contributed by atoms with Gasteiger partial charge in [-0.2, -0.15) is 5.26 Å². The van der Waals surface area contributed by atoms with Gasteiger partial charge in [-0.25, -0.2) is 0 Å². The van der Waals surface area contributed by atoms with Crippen LogP contribution in [-0.2, 0) is 14.4 Å². The molecule has 0 bridgehead atoms. The summed E-state index contributed by atoms with van der Waals surface area (Å²) < 4.78 is 5.00. The molecule has 7 heteroatoms. The van der Waals surface area contributed by atoms with Crippen molar-refractivity contribution in [1.82, 2.24) is 9.80 Å². The van der Waals surface area contributed by atoms with E-state index in [9.17, 15) is 4.79 Å². The number of piperazine rings is 1. The number of nitriles is 1. The zero-order chi connectivity index (χ0) is 18.4. The minimum atomic E-state index is -0.152. The molecule has 0 spiro atoms. The molecule has 3 rings (SSSR count). The summed E-state index contributed by atoms with van der Waals surface area (Å²) in [6.07, 6.45) is 0.826. The minimum absolute atomic E-state index is 0.0530. The van der Waals surface area contributed by atoms with Gasteiger partial charge in [0.25, 0.3) is 0 Å². The number of benzene rings is 1. The first kappa shape index (κ1) is 18.4. The number of rotatable bonds is 6. The second-order valence-electron chi connectivity index (χ2n) is 6.54. The molecule has 2 aliphatic rings. The summed E-state index contributed by atoms with van der Waals surface area (Å²) in [5.41, 5.74) is 2.58. The van der Waals surface area contributed by atoms with Gasteiger partial charge in [0.2, 0.25) is 0 Å². The van der Waals surface area contributed by atoms with E-state index in [4.69, 9.17) is 14.8 Å². The SMILES string of the molecule is CCOC(=O)CN1CCN(CC2CC(c3ccc(C#N)cc3)=NO2)CC1. The van der Waals surface area contributed by atoms with Gasteiger partial charge >= 0.3 is 5.97 Å². The fourth-order valence-electron chi connectivity index (χ4n) is 3.24. The van der Waals surface area contributed by atoms with Crippen LogP contribution < -0.4 is 0 Å². The summed E-state index contributed by atoms with van der Waals surface area (Å²) in [7, 11) is 0. The molecule has 0 amide bonds. The molecule has 26 heavy (non-hydrogen) atoms. The van der Waals surface area contributed by atoms with Gasteiger partial charge in [0.1, 0.15) is 6.10 Å². The summed E-state index contributed by atoms with van der Waals surface area (Å²) in [6.45, 7) is 6.98. The molecule has 1 atom stereocenters. The maximum absolute atomic E-state index is 11.6. The van der Waals surface area contributed by atoms with Crippen molar-refractivity contribution < 1.29 is 14.4 Å². The minimum Gasteiger partial charge on any atom is -0.465 e. The van der Waals surface area contributed by atoms with E-state index < -0.39 is 0 Å². The molecule has 1 fully saturated rings. The third kappa shape index (κ3) is 4.81. The highest BCUT2D eigenvalue weighted by molar-refractivity contribution is 6.01. The van der Waals surface area contributed by atoms with Gasteiger partial charge in [-0.1, -0.05) is 17.3 Å². The Morgan fingerprint density at radius 2 is 1.96 bits per heavy atom. The van der Waals surface area contributed by atoms with Crippen LogP contribution >= 0.6 is 0 Å². The lowest BCUT2D eigenvalue weighted by Gasteiger charge is -2.34. The Morgan fingerprint density at radius 3 is 2.62 bits per heavy atom. The van der Waals surface area contributed by atoms with Gasteiger partial charge in [-0.05, 0) is 24.6 Å². The molecule has 0 radical (unpaired) electrons. The van der Waals surface area contributed by atoms with Crippen molar-refractivity contribution in [2.75, 3.05) is 45.9 Å². The summed E-state index contributed by atoms with van der Waals surface area (Å²) in [5.74, 6) is -0.152. The van der Waals surface area contributed by atoms with E-state index in [0.717, 1.165) is 50.4 Å². The van der Waals surface area contributed by atoms with Crippen molar-refractivity contribution in [2.24, 2.45) is 5.16 Å². The topological polar surface area (TPSA) is 78.2 Å². The zero-order valence-corrected chi connectivity index (χ0v) is 15.1. The first-order valence-corrected chi connectivity index (χ1v) is 9.01. The molecule has 7 nitrogen and oxygen atoms in total. The average molecular weight is 356 g/mol. The summed E-state index contributed by atoms with van der Waals surface area (Å²) in [6, 6.07) is 9.55. The number of ether oxygens (including phenoxy) is 1. The third-order valence-corrected chi connectivity index (χ3v) is 4.66. The maximum atomic E-state index is 11.6. The molecular formula is C19H24N4O3. The van der Waals surface area contributed by atoms with Gasteiger partial charge in [-0.15, -0.1) is 0 Å². The molecule has 1 saturated heterocycles. The zero-order valence-electron chi connectivity index (χ0n) is 15.1. The Balaban J connectivity index is 1.41. The van der Waals surface area contributed by atoms with E-state index in [1.165, 1.54) is 0 Å². The van der Waals surface area contributed by atoms with Gasteiger partial charge in [0.15, 0.2) is 0 Å². The Hall–Kier alpha value is -2.43. The predicted octanol–water partition coefficient (Wildman–Crippen LogP) is 1.23. The Kier molecular flexibility index (Phi) is 6.21. The molecular weight excluding hydrogens is 332 g/mol. The average Bonchev–Trinajstić information content (AvgIpc) is 3.12. The van der Waals surface area contributed by atoms with Crippen LogP contribution in [0.3, 0.4) is 0 Å². The van der Waals surface area contributed by atoms with Crippen molar-refractivity contribution in [3.8, 4) is 6.07 Å². The molecule has 0 saturated carbocycles. The fraction of sp³-hybridized carbons (Fsp3) is 0.526. The standard InChI is InChI=1S/C19H24N4O3/c1-2-25-19(24)14-23-9-7-22(8-10-23)13-17-11-18(21-26-17)16-5-3-15(12-20)4-6-16/h3-6,17H,2,7-11,13-14H2,1H3. The van der Waals surface area contributed by atoms with Gasteiger partial charge in [0.05, 0.1) is 30.5 Å². The van der Waals surface area contributed by atoms with Crippen molar-refractivity contribution >= 4 is 11.7 Å². The lowest BCUT2D eigenvalue weighted by atomic mass is 10.0. The quantitative estimate of drug-likeness (QED) is 0.714. The third-order valence-electron chi connectivity index (χ3n) is 4.66. The molecule has 0 aromatic heterocycles. The first-order chi connectivity index (χ1) is 12.7. The van der Waals surface area contributed by atoms with Gasteiger partial charge in [-0.3, -0.25) is 14.6 Å². The second kappa shape index (κ2) is 8.79. The molecule has 138 valence electrons. The van der Waals surface area contributed by atoms with Crippen LogP contribution in [0, 0.1) is 11.3 Å². The van der Waals surface area contributed by atoms with Crippen LogP contribution in [0.25, 0.3) is 0 Å². The van der Waals surface area contributed by atoms with Crippen LogP contribution in [-0.4, -0.2) is 73.5 Å². The predicted molar refractivity (Wildman–Crippen MR) is 96.7 cm³/mol. The van der Waals surface area contributed by atoms with Crippen LogP contribution in [0.4, 0.5) is 0 Å². The van der Waals surface area contributed by atoms with Crippen LogP contribution in [0.15, 0.2) is 29.4 Å². The van der Waals surface area contributed by atoms with Crippen molar-refractivity contribution in [2.45, 2.75) is 19.4 Å². The Labute approximate surface area is 153 Å². The fourth-order valence-corrected chi connectivity index (χ4v) is 3.24. The van der Waals surface area contributed by atoms with E-state index in [-0.39, 0.29) is 12.1 Å². The first-order valence-electron chi connectivity index (χ1n) is 9.01. The monoisotopic (exact) mass is 356 g/mol. The molecule has 1 aromatic rings. The molecule has 1 unspecified atom stereocenters. The molecule has 2 aliphatic heterocycles. The summed E-state index contributed by atoms with van der Waals surface area (Å²) >= 11 is 0. The number of carbonyl (C=O) groups is 1. The van der Waals surface area contributed by atoms with Crippen LogP contribution in [0.2, 0.25) is 0 Å². The van der Waals surface area contributed by atoms with Crippen molar-refractivity contribution in [3.63, 3.8) is 0 Å². The van der Waals surface area contributed by atoms with Gasteiger partial charge < -0.3 is 9.57 Å².